The molecule has 1 fully saturated rings. The minimum Gasteiger partial charge on any atom is -0.465 e. The number of Topliss-reactive ketones (excluding diaryl/α,β-unsaturated/α-hetero) is 1. The molecule has 1 heterocycles. The second kappa shape index (κ2) is 6.76. The van der Waals surface area contributed by atoms with Gasteiger partial charge in [0.25, 0.3) is 0 Å². The first-order valence-electron chi connectivity index (χ1n) is 7.08. The number of carbonyl (C=O) groups is 2. The highest BCUT2D eigenvalue weighted by Gasteiger charge is 2.43. The number of carboxylic acid groups (broad SMARTS) is 1. The van der Waals surface area contributed by atoms with E-state index in [9.17, 15) is 14.7 Å². The van der Waals surface area contributed by atoms with Gasteiger partial charge in [0.05, 0.1) is 5.54 Å². The van der Waals surface area contributed by atoms with Crippen LogP contribution in [0.4, 0.5) is 4.79 Å². The molecule has 0 aromatic heterocycles. The Morgan fingerprint density at radius 3 is 2.28 bits per heavy atom. The van der Waals surface area contributed by atoms with Gasteiger partial charge in [-0.1, -0.05) is 39.5 Å². The van der Waals surface area contributed by atoms with Crippen LogP contribution >= 0.6 is 0 Å². The van der Waals surface area contributed by atoms with E-state index in [0.29, 0.717) is 19.4 Å². The molecule has 0 saturated carbocycles. The first-order chi connectivity index (χ1) is 8.55. The van der Waals surface area contributed by atoms with Crippen molar-refractivity contribution in [1.82, 2.24) is 4.90 Å². The second-order valence-corrected chi connectivity index (χ2v) is 5.33. The SMILES string of the molecule is CCCCC1(CCCC)CC(=O)CCN1C(=O)O. The molecule has 0 aliphatic carbocycles. The summed E-state index contributed by atoms with van der Waals surface area (Å²) in [5.74, 6) is 0.222. The summed E-state index contributed by atoms with van der Waals surface area (Å²) in [7, 11) is 0. The van der Waals surface area contributed by atoms with E-state index in [4.69, 9.17) is 0 Å². The fraction of sp³-hybridized carbons (Fsp3) is 0.857. The normalized spacial score (nSPS) is 19.0. The van der Waals surface area contributed by atoms with Gasteiger partial charge in [-0.15, -0.1) is 0 Å². The molecule has 1 amide bonds. The molecule has 0 bridgehead atoms. The van der Waals surface area contributed by atoms with E-state index >= 15 is 0 Å². The number of nitrogens with zero attached hydrogens (tertiary/aromatic N) is 1. The topological polar surface area (TPSA) is 57.6 Å². The van der Waals surface area contributed by atoms with Crippen LogP contribution in [-0.4, -0.2) is 34.0 Å². The van der Waals surface area contributed by atoms with Gasteiger partial charge < -0.3 is 10.0 Å². The molecule has 1 N–H and O–H groups in total. The molecule has 1 rings (SSSR count). The molecule has 0 radical (unpaired) electrons. The van der Waals surface area contributed by atoms with Crippen LogP contribution in [0.5, 0.6) is 0 Å². The van der Waals surface area contributed by atoms with Gasteiger partial charge in [-0.2, -0.15) is 0 Å². The van der Waals surface area contributed by atoms with Gasteiger partial charge in [-0.05, 0) is 12.8 Å². The predicted molar refractivity (Wildman–Crippen MR) is 70.8 cm³/mol. The Bertz CT molecular complexity index is 293. The third kappa shape index (κ3) is 3.47. The lowest BCUT2D eigenvalue weighted by Gasteiger charge is -2.45. The average molecular weight is 255 g/mol. The van der Waals surface area contributed by atoms with Gasteiger partial charge in [0, 0.05) is 19.4 Å². The monoisotopic (exact) mass is 255 g/mol. The third-order valence-corrected chi connectivity index (χ3v) is 3.94. The van der Waals surface area contributed by atoms with Gasteiger partial charge in [0.1, 0.15) is 5.78 Å². The molecule has 0 atom stereocenters. The van der Waals surface area contributed by atoms with Crippen LogP contribution < -0.4 is 0 Å². The Labute approximate surface area is 109 Å². The Hall–Kier alpha value is -1.06. The molecule has 1 aliphatic heterocycles. The summed E-state index contributed by atoms with van der Waals surface area (Å²) < 4.78 is 0. The lowest BCUT2D eigenvalue weighted by atomic mass is 9.78. The molecule has 18 heavy (non-hydrogen) atoms. The molecule has 0 aromatic carbocycles. The fourth-order valence-electron chi connectivity index (χ4n) is 2.91. The molecule has 4 nitrogen and oxygen atoms in total. The number of unbranched alkanes of at least 4 members (excludes halogenated alkanes) is 2. The maximum atomic E-state index is 11.8. The number of amides is 1. The van der Waals surface area contributed by atoms with Gasteiger partial charge in [-0.3, -0.25) is 4.79 Å². The van der Waals surface area contributed by atoms with Crippen molar-refractivity contribution in [1.29, 1.82) is 0 Å². The van der Waals surface area contributed by atoms with Crippen LogP contribution in [0.3, 0.4) is 0 Å². The standard InChI is InChI=1S/C14H25NO3/c1-3-5-8-14(9-6-4-2)11-12(16)7-10-15(14)13(17)18/h3-11H2,1-2H3,(H,17,18). The van der Waals surface area contributed by atoms with Crippen LogP contribution in [0, 0.1) is 0 Å². The van der Waals surface area contributed by atoms with Gasteiger partial charge in [-0.25, -0.2) is 4.79 Å². The minimum absolute atomic E-state index is 0.222. The van der Waals surface area contributed by atoms with Crippen LogP contribution in [0.25, 0.3) is 0 Å². The van der Waals surface area contributed by atoms with Crippen molar-refractivity contribution in [3.63, 3.8) is 0 Å². The van der Waals surface area contributed by atoms with Crippen molar-refractivity contribution in [2.24, 2.45) is 0 Å². The first kappa shape index (κ1) is 15.0. The number of ketones is 1. The van der Waals surface area contributed by atoms with Crippen molar-refractivity contribution in [2.75, 3.05) is 6.54 Å². The van der Waals surface area contributed by atoms with Gasteiger partial charge in [0.2, 0.25) is 0 Å². The number of carbonyl (C=O) groups excluding carboxylic acids is 1. The maximum absolute atomic E-state index is 11.8. The van der Waals surface area contributed by atoms with Gasteiger partial charge >= 0.3 is 6.09 Å². The Balaban J connectivity index is 2.90. The van der Waals surface area contributed by atoms with Crippen molar-refractivity contribution >= 4 is 11.9 Å². The molecular formula is C14H25NO3. The molecule has 0 aromatic rings. The Morgan fingerprint density at radius 2 is 1.83 bits per heavy atom. The number of piperidine rings is 1. The summed E-state index contributed by atoms with van der Waals surface area (Å²) in [5, 5.41) is 9.37. The lowest BCUT2D eigenvalue weighted by molar-refractivity contribution is -0.126. The first-order valence-corrected chi connectivity index (χ1v) is 7.08. The highest BCUT2D eigenvalue weighted by atomic mass is 16.4. The van der Waals surface area contributed by atoms with Crippen molar-refractivity contribution < 1.29 is 14.7 Å². The average Bonchev–Trinajstić information content (AvgIpc) is 2.33. The van der Waals surface area contributed by atoms with E-state index in [2.05, 4.69) is 13.8 Å². The molecular weight excluding hydrogens is 230 g/mol. The van der Waals surface area contributed by atoms with Crippen LogP contribution in [0.1, 0.15) is 65.2 Å². The highest BCUT2D eigenvalue weighted by molar-refractivity contribution is 5.83. The summed E-state index contributed by atoms with van der Waals surface area (Å²) in [6.07, 6.45) is 5.62. The third-order valence-electron chi connectivity index (χ3n) is 3.94. The van der Waals surface area contributed by atoms with E-state index in [-0.39, 0.29) is 5.78 Å². The molecule has 0 spiro atoms. The van der Waals surface area contributed by atoms with Crippen LogP contribution in [-0.2, 0) is 4.79 Å². The van der Waals surface area contributed by atoms with E-state index in [1.54, 1.807) is 4.90 Å². The molecule has 104 valence electrons. The predicted octanol–water partition coefficient (Wildman–Crippen LogP) is 3.45. The van der Waals surface area contributed by atoms with Crippen molar-refractivity contribution in [3.8, 4) is 0 Å². The number of hydrogen-bond acceptors (Lipinski definition) is 2. The summed E-state index contributed by atoms with van der Waals surface area (Å²) in [4.78, 5) is 24.7. The quantitative estimate of drug-likeness (QED) is 0.790. The second-order valence-electron chi connectivity index (χ2n) is 5.33. The van der Waals surface area contributed by atoms with Gasteiger partial charge in [0.15, 0.2) is 0 Å². The molecule has 0 unspecified atom stereocenters. The lowest BCUT2D eigenvalue weighted by Crippen LogP contribution is -2.56. The maximum Gasteiger partial charge on any atom is 0.407 e. The van der Waals surface area contributed by atoms with E-state index < -0.39 is 11.6 Å². The number of likely N-dealkylation sites (tertiary alicyclic amines) is 1. The molecule has 1 saturated heterocycles. The largest absolute Gasteiger partial charge is 0.465 e. The zero-order chi connectivity index (χ0) is 13.6. The molecule has 1 aliphatic rings. The van der Waals surface area contributed by atoms with E-state index in [1.165, 1.54) is 0 Å². The summed E-state index contributed by atoms with van der Waals surface area (Å²) in [5.41, 5.74) is -0.423. The van der Waals surface area contributed by atoms with Crippen molar-refractivity contribution in [3.05, 3.63) is 0 Å². The Morgan fingerprint density at radius 1 is 1.28 bits per heavy atom. The Kier molecular flexibility index (Phi) is 5.63. The van der Waals surface area contributed by atoms with Crippen LogP contribution in [0.15, 0.2) is 0 Å². The smallest absolute Gasteiger partial charge is 0.407 e. The fourth-order valence-corrected chi connectivity index (χ4v) is 2.91. The highest BCUT2D eigenvalue weighted by Crippen LogP contribution is 2.36. The van der Waals surface area contributed by atoms with E-state index in [0.717, 1.165) is 38.5 Å². The number of hydrogen-bond donors (Lipinski definition) is 1. The minimum atomic E-state index is -0.866. The number of rotatable bonds is 6. The zero-order valence-electron chi connectivity index (χ0n) is 11.6. The summed E-state index contributed by atoms with van der Waals surface area (Å²) >= 11 is 0. The van der Waals surface area contributed by atoms with Crippen molar-refractivity contribution in [2.45, 2.75) is 70.8 Å². The zero-order valence-corrected chi connectivity index (χ0v) is 11.6. The summed E-state index contributed by atoms with van der Waals surface area (Å²) in [6, 6.07) is 0. The van der Waals surface area contributed by atoms with E-state index in [1.807, 2.05) is 0 Å². The van der Waals surface area contributed by atoms with Crippen LogP contribution in [0.2, 0.25) is 0 Å². The molecule has 4 heteroatoms. The summed E-state index contributed by atoms with van der Waals surface area (Å²) in [6.45, 7) is 4.58.